The molecule has 8 nitrogen and oxygen atoms in total. The highest BCUT2D eigenvalue weighted by Crippen LogP contribution is 2.27. The first-order valence-electron chi connectivity index (χ1n) is 5.71. The Hall–Kier alpha value is -2.68. The van der Waals surface area contributed by atoms with E-state index in [0.29, 0.717) is 15.3 Å². The molecular weight excluding hydrogens is 298 g/mol. The number of non-ortho nitro benzene ring substituents is 2. The van der Waals surface area contributed by atoms with Crippen molar-refractivity contribution in [1.29, 1.82) is 0 Å². The summed E-state index contributed by atoms with van der Waals surface area (Å²) in [6.07, 6.45) is 1.33. The molecule has 0 N–H and O–H groups in total. The molecule has 0 unspecified atom stereocenters. The van der Waals surface area contributed by atoms with Crippen LogP contribution in [0.3, 0.4) is 0 Å². The molecule has 1 heterocycles. The Morgan fingerprint density at radius 3 is 2.19 bits per heavy atom. The van der Waals surface area contributed by atoms with Gasteiger partial charge in [0, 0.05) is 30.0 Å². The number of nitro benzene ring substituents is 2. The zero-order valence-corrected chi connectivity index (χ0v) is 11.4. The van der Waals surface area contributed by atoms with Crippen molar-refractivity contribution < 1.29 is 14.6 Å². The first kappa shape index (κ1) is 14.7. The molecule has 9 heteroatoms. The Bertz CT molecular complexity index is 675. The van der Waals surface area contributed by atoms with E-state index in [4.69, 9.17) is 0 Å². The molecular formula is C12H9N3O5S. The number of aromatic nitrogens is 1. The van der Waals surface area contributed by atoms with Gasteiger partial charge in [-0.2, -0.15) is 4.73 Å². The second kappa shape index (κ2) is 6.18. The third kappa shape index (κ3) is 3.66. The molecule has 108 valence electrons. The van der Waals surface area contributed by atoms with Gasteiger partial charge in [0.2, 0.25) is 0 Å². The van der Waals surface area contributed by atoms with E-state index in [-0.39, 0.29) is 17.1 Å². The van der Waals surface area contributed by atoms with Crippen LogP contribution in [0.4, 0.5) is 11.4 Å². The molecule has 0 saturated heterocycles. The van der Waals surface area contributed by atoms with Gasteiger partial charge in [0.25, 0.3) is 16.4 Å². The van der Waals surface area contributed by atoms with Gasteiger partial charge in [0.15, 0.2) is 6.20 Å². The van der Waals surface area contributed by atoms with Crippen molar-refractivity contribution in [1.82, 2.24) is 0 Å². The largest absolute Gasteiger partial charge is 0.618 e. The molecule has 0 spiro atoms. The van der Waals surface area contributed by atoms with Gasteiger partial charge in [-0.1, -0.05) is 11.8 Å². The fourth-order valence-electron chi connectivity index (χ4n) is 1.63. The van der Waals surface area contributed by atoms with Crippen LogP contribution in [0.25, 0.3) is 0 Å². The molecule has 1 aromatic heterocycles. The molecule has 0 radical (unpaired) electrons. The Morgan fingerprint density at radius 1 is 1.05 bits per heavy atom. The standard InChI is InChI=1S/C12H9N3O5S/c16-13-4-2-1-3-12(13)21-8-9-5-10(14(17)18)7-11(6-9)15(19)20/h1-7H,8H2. The van der Waals surface area contributed by atoms with E-state index in [2.05, 4.69) is 0 Å². The maximum Gasteiger partial charge on any atom is 0.276 e. The van der Waals surface area contributed by atoms with E-state index in [1.165, 1.54) is 18.3 Å². The lowest BCUT2D eigenvalue weighted by atomic mass is 10.2. The summed E-state index contributed by atoms with van der Waals surface area (Å²) in [6, 6.07) is 8.30. The summed E-state index contributed by atoms with van der Waals surface area (Å²) in [5.41, 5.74) is -0.282. The van der Waals surface area contributed by atoms with Gasteiger partial charge in [-0.15, -0.1) is 0 Å². The van der Waals surface area contributed by atoms with Crippen LogP contribution in [0.15, 0.2) is 47.6 Å². The van der Waals surface area contributed by atoms with Crippen LogP contribution >= 0.6 is 11.8 Å². The maximum absolute atomic E-state index is 11.5. The van der Waals surface area contributed by atoms with Crippen LogP contribution in [-0.4, -0.2) is 9.85 Å². The molecule has 0 aliphatic heterocycles. The van der Waals surface area contributed by atoms with Crippen molar-refractivity contribution in [3.8, 4) is 0 Å². The lowest BCUT2D eigenvalue weighted by molar-refractivity contribution is -0.645. The third-order valence-corrected chi connectivity index (χ3v) is 3.65. The van der Waals surface area contributed by atoms with Crippen molar-refractivity contribution in [2.45, 2.75) is 10.8 Å². The Kier molecular flexibility index (Phi) is 4.33. The van der Waals surface area contributed by atoms with Gasteiger partial charge in [0.05, 0.1) is 15.9 Å². The lowest BCUT2D eigenvalue weighted by Crippen LogP contribution is -2.27. The maximum atomic E-state index is 11.5. The average Bonchev–Trinajstić information content (AvgIpc) is 2.46. The lowest BCUT2D eigenvalue weighted by Gasteiger charge is -2.03. The SMILES string of the molecule is O=[N+]([O-])c1cc(CSc2cccc[n+]2[O-])cc([N+](=O)[O-])c1. The van der Waals surface area contributed by atoms with E-state index in [9.17, 15) is 25.4 Å². The minimum Gasteiger partial charge on any atom is -0.618 e. The molecule has 2 rings (SSSR count). The van der Waals surface area contributed by atoms with Crippen LogP contribution < -0.4 is 4.73 Å². The number of nitro groups is 2. The molecule has 0 fully saturated rings. The first-order chi connectivity index (χ1) is 9.97. The molecule has 21 heavy (non-hydrogen) atoms. The fourth-order valence-corrected chi connectivity index (χ4v) is 2.48. The molecule has 0 amide bonds. The second-order valence-electron chi connectivity index (χ2n) is 4.03. The number of hydrogen-bond donors (Lipinski definition) is 0. The molecule has 0 bridgehead atoms. The monoisotopic (exact) mass is 307 g/mol. The van der Waals surface area contributed by atoms with Gasteiger partial charge in [-0.25, -0.2) is 0 Å². The highest BCUT2D eigenvalue weighted by atomic mass is 32.2. The Morgan fingerprint density at radius 2 is 1.67 bits per heavy atom. The normalized spacial score (nSPS) is 10.3. The van der Waals surface area contributed by atoms with Crippen LogP contribution in [0.2, 0.25) is 0 Å². The van der Waals surface area contributed by atoms with Crippen LogP contribution in [-0.2, 0) is 5.75 Å². The molecule has 0 atom stereocenters. The van der Waals surface area contributed by atoms with E-state index in [0.717, 1.165) is 17.8 Å². The predicted molar refractivity (Wildman–Crippen MR) is 74.7 cm³/mol. The number of benzene rings is 1. The van der Waals surface area contributed by atoms with Gasteiger partial charge in [-0.05, 0) is 11.6 Å². The number of rotatable bonds is 5. The molecule has 1 aromatic carbocycles. The van der Waals surface area contributed by atoms with Crippen molar-refractivity contribution in [2.75, 3.05) is 0 Å². The summed E-state index contributed by atoms with van der Waals surface area (Å²) in [6.45, 7) is 0. The topological polar surface area (TPSA) is 113 Å². The summed E-state index contributed by atoms with van der Waals surface area (Å²) < 4.78 is 0.663. The van der Waals surface area contributed by atoms with Crippen molar-refractivity contribution >= 4 is 23.1 Å². The third-order valence-electron chi connectivity index (χ3n) is 2.56. The van der Waals surface area contributed by atoms with Crippen LogP contribution in [0.1, 0.15) is 5.56 Å². The summed E-state index contributed by atoms with van der Waals surface area (Å²) >= 11 is 1.15. The number of nitrogens with zero attached hydrogens (tertiary/aromatic N) is 3. The van der Waals surface area contributed by atoms with Gasteiger partial charge >= 0.3 is 0 Å². The number of hydrogen-bond acceptors (Lipinski definition) is 6. The summed E-state index contributed by atoms with van der Waals surface area (Å²) in [7, 11) is 0. The highest BCUT2D eigenvalue weighted by molar-refractivity contribution is 7.98. The summed E-state index contributed by atoms with van der Waals surface area (Å²) in [5.74, 6) is 0.217. The minimum atomic E-state index is -0.683. The van der Waals surface area contributed by atoms with Crippen molar-refractivity contribution in [2.24, 2.45) is 0 Å². The molecule has 2 aromatic rings. The second-order valence-corrected chi connectivity index (χ2v) is 5.02. The smallest absolute Gasteiger partial charge is 0.276 e. The zero-order chi connectivity index (χ0) is 15.4. The zero-order valence-electron chi connectivity index (χ0n) is 10.5. The summed E-state index contributed by atoms with van der Waals surface area (Å²) in [4.78, 5) is 20.2. The van der Waals surface area contributed by atoms with Crippen LogP contribution in [0.5, 0.6) is 0 Å². The number of pyridine rings is 1. The van der Waals surface area contributed by atoms with Crippen LogP contribution in [0, 0.1) is 25.4 Å². The van der Waals surface area contributed by atoms with E-state index >= 15 is 0 Å². The quantitative estimate of drug-likeness (QED) is 0.275. The Labute approximate surface area is 122 Å². The fraction of sp³-hybridized carbons (Fsp3) is 0.0833. The minimum absolute atomic E-state index is 0.217. The van der Waals surface area contributed by atoms with E-state index in [1.807, 2.05) is 0 Å². The molecule has 0 aliphatic carbocycles. The van der Waals surface area contributed by atoms with Gasteiger partial charge < -0.3 is 5.21 Å². The van der Waals surface area contributed by atoms with Gasteiger partial charge in [0.1, 0.15) is 0 Å². The average molecular weight is 307 g/mol. The van der Waals surface area contributed by atoms with Crippen molar-refractivity contribution in [3.05, 3.63) is 73.6 Å². The van der Waals surface area contributed by atoms with E-state index in [1.54, 1.807) is 18.2 Å². The molecule has 0 aliphatic rings. The Balaban J connectivity index is 2.25. The summed E-state index contributed by atoms with van der Waals surface area (Å²) in [5, 5.41) is 33.4. The molecule has 0 saturated carbocycles. The van der Waals surface area contributed by atoms with Crippen molar-refractivity contribution in [3.63, 3.8) is 0 Å². The highest BCUT2D eigenvalue weighted by Gasteiger charge is 2.17. The number of thioether (sulfide) groups is 1. The first-order valence-corrected chi connectivity index (χ1v) is 6.69. The predicted octanol–water partition coefficient (Wildman–Crippen LogP) is 2.43. The van der Waals surface area contributed by atoms with Gasteiger partial charge in [-0.3, -0.25) is 20.2 Å². The van der Waals surface area contributed by atoms with E-state index < -0.39 is 9.85 Å².